The van der Waals surface area contributed by atoms with E-state index in [0.717, 1.165) is 0 Å². The van der Waals surface area contributed by atoms with Gasteiger partial charge in [0.25, 0.3) is 0 Å². The molecule has 0 bridgehead atoms. The summed E-state index contributed by atoms with van der Waals surface area (Å²) < 4.78 is 0. The molecule has 0 saturated heterocycles. The average molecular weight is 241 g/mol. The number of nitrogens with zero attached hydrogens (tertiary/aromatic N) is 1. The first kappa shape index (κ1) is 13.5. The highest BCUT2D eigenvalue weighted by Gasteiger charge is 1.72. The summed E-state index contributed by atoms with van der Waals surface area (Å²) in [6.45, 7) is 0. The fourth-order valence-corrected chi connectivity index (χ4v) is 0.942. The SMILES string of the molecule is C1=C\C=C/C=C\C=C/OO/N=C\C=C/C=C\C=C/1. The Labute approximate surface area is 107 Å². The van der Waals surface area contributed by atoms with Crippen LogP contribution in [0.1, 0.15) is 0 Å². The molecule has 0 aromatic heterocycles. The predicted molar refractivity (Wildman–Crippen MR) is 74.6 cm³/mol. The highest BCUT2D eigenvalue weighted by atomic mass is 17.3. The van der Waals surface area contributed by atoms with Crippen LogP contribution in [0.3, 0.4) is 0 Å². The molecule has 1 heterocycles. The summed E-state index contributed by atoms with van der Waals surface area (Å²) in [6, 6.07) is 0. The molecule has 0 saturated carbocycles. The Balaban J connectivity index is 2.58. The molecule has 0 unspecified atom stereocenters. The lowest BCUT2D eigenvalue weighted by molar-refractivity contribution is -0.248. The lowest BCUT2D eigenvalue weighted by Gasteiger charge is -1.88. The third kappa shape index (κ3) is 8.73. The van der Waals surface area contributed by atoms with Crippen LogP contribution in [0.5, 0.6) is 0 Å². The summed E-state index contributed by atoms with van der Waals surface area (Å²) >= 11 is 0. The van der Waals surface area contributed by atoms with Crippen LogP contribution in [-0.2, 0) is 9.88 Å². The minimum atomic E-state index is 1.40. The van der Waals surface area contributed by atoms with E-state index in [0.29, 0.717) is 0 Å². The van der Waals surface area contributed by atoms with E-state index in [1.54, 1.807) is 12.2 Å². The molecule has 0 aliphatic carbocycles. The zero-order valence-corrected chi connectivity index (χ0v) is 9.92. The maximum absolute atomic E-state index is 4.65. The lowest BCUT2D eigenvalue weighted by Crippen LogP contribution is -1.77. The van der Waals surface area contributed by atoms with Crippen LogP contribution >= 0.6 is 0 Å². The summed E-state index contributed by atoms with van der Waals surface area (Å²) in [5.74, 6) is 0. The maximum atomic E-state index is 4.65. The van der Waals surface area contributed by atoms with Crippen LogP contribution in [0.4, 0.5) is 0 Å². The van der Waals surface area contributed by atoms with Gasteiger partial charge in [-0.25, -0.2) is 0 Å². The largest absolute Gasteiger partial charge is 0.276 e. The summed E-state index contributed by atoms with van der Waals surface area (Å²) in [4.78, 5) is 9.16. The third-order valence-corrected chi connectivity index (χ3v) is 1.70. The standard InChI is InChI=1S/C15H15NO2/c1-2-4-6-8-10-12-14-16-18-17-15-13-11-9-7-5-3-1/h1-15H/b3-1-,4-2-,7-5-,8-6-,11-9-,12-10-,15-13-,16-14-. The molecule has 0 radical (unpaired) electrons. The van der Waals surface area contributed by atoms with Crippen molar-refractivity contribution in [3.63, 3.8) is 0 Å². The average Bonchev–Trinajstić information content (AvgIpc) is 2.39. The quantitative estimate of drug-likeness (QED) is 0.604. The van der Waals surface area contributed by atoms with Crippen LogP contribution in [0.15, 0.2) is 90.4 Å². The van der Waals surface area contributed by atoms with Crippen LogP contribution in [0.25, 0.3) is 0 Å². The normalized spacial score (nSPS) is 30.2. The van der Waals surface area contributed by atoms with Crippen LogP contribution in [-0.4, -0.2) is 6.21 Å². The Morgan fingerprint density at radius 2 is 0.944 bits per heavy atom. The summed E-state index contributed by atoms with van der Waals surface area (Å²) in [5, 5.41) is 3.55. The summed E-state index contributed by atoms with van der Waals surface area (Å²) in [5.41, 5.74) is 0. The van der Waals surface area contributed by atoms with Gasteiger partial charge in [0, 0.05) is 0 Å². The fraction of sp³-hybridized carbons (Fsp3) is 0. The first-order chi connectivity index (χ1) is 9.00. The second-order valence-electron chi connectivity index (χ2n) is 3.06. The Bertz CT molecular complexity index is 393. The van der Waals surface area contributed by atoms with Crippen LogP contribution < -0.4 is 0 Å². The summed E-state index contributed by atoms with van der Waals surface area (Å²) in [7, 11) is 0. The van der Waals surface area contributed by atoms with Crippen LogP contribution in [0, 0.1) is 0 Å². The van der Waals surface area contributed by atoms with E-state index in [1.165, 1.54) is 12.5 Å². The van der Waals surface area contributed by atoms with E-state index < -0.39 is 0 Å². The molecule has 92 valence electrons. The van der Waals surface area contributed by atoms with Crippen molar-refractivity contribution >= 4 is 6.21 Å². The molecule has 3 nitrogen and oxygen atoms in total. The molecular formula is C15H15NO2. The van der Waals surface area contributed by atoms with Crippen molar-refractivity contribution in [3.05, 3.63) is 85.3 Å². The molecule has 3 heteroatoms. The van der Waals surface area contributed by atoms with Gasteiger partial charge in [-0.05, 0) is 17.3 Å². The molecule has 1 rings (SSSR count). The van der Waals surface area contributed by atoms with Crippen molar-refractivity contribution < 1.29 is 9.88 Å². The van der Waals surface area contributed by atoms with E-state index in [2.05, 4.69) is 15.0 Å². The van der Waals surface area contributed by atoms with E-state index >= 15 is 0 Å². The molecule has 1 aliphatic heterocycles. The van der Waals surface area contributed by atoms with Gasteiger partial charge < -0.3 is 0 Å². The zero-order chi connectivity index (χ0) is 12.7. The van der Waals surface area contributed by atoms with Crippen molar-refractivity contribution in [2.75, 3.05) is 0 Å². The first-order valence-corrected chi connectivity index (χ1v) is 5.51. The molecule has 0 spiro atoms. The molecular weight excluding hydrogens is 226 g/mol. The number of oxime groups is 1. The van der Waals surface area contributed by atoms with Crippen molar-refractivity contribution in [2.24, 2.45) is 5.16 Å². The van der Waals surface area contributed by atoms with Gasteiger partial charge in [-0.3, -0.25) is 4.89 Å². The fourth-order valence-electron chi connectivity index (χ4n) is 0.942. The van der Waals surface area contributed by atoms with E-state index in [4.69, 9.17) is 0 Å². The van der Waals surface area contributed by atoms with Gasteiger partial charge in [0.2, 0.25) is 0 Å². The third-order valence-electron chi connectivity index (χ3n) is 1.70. The van der Waals surface area contributed by atoms with Gasteiger partial charge in [-0.15, -0.1) is 0 Å². The van der Waals surface area contributed by atoms with Gasteiger partial charge in [-0.1, -0.05) is 66.8 Å². The van der Waals surface area contributed by atoms with Crippen molar-refractivity contribution in [3.8, 4) is 0 Å². The van der Waals surface area contributed by atoms with Gasteiger partial charge >= 0.3 is 0 Å². The second kappa shape index (κ2) is 11.0. The van der Waals surface area contributed by atoms with E-state index in [-0.39, 0.29) is 0 Å². The minimum Gasteiger partial charge on any atom is -0.276 e. The van der Waals surface area contributed by atoms with Crippen molar-refractivity contribution in [2.45, 2.75) is 0 Å². The Morgan fingerprint density at radius 1 is 0.500 bits per heavy atom. The van der Waals surface area contributed by atoms with E-state index in [9.17, 15) is 0 Å². The lowest BCUT2D eigenvalue weighted by atomic mass is 10.3. The Kier molecular flexibility index (Phi) is 8.22. The molecule has 0 fully saturated rings. The molecule has 0 atom stereocenters. The summed E-state index contributed by atoms with van der Waals surface area (Å²) in [6.07, 6.45) is 27.3. The number of allylic oxidation sites excluding steroid dienone is 13. The zero-order valence-electron chi connectivity index (χ0n) is 9.92. The topological polar surface area (TPSA) is 30.8 Å². The molecule has 0 aromatic carbocycles. The van der Waals surface area contributed by atoms with Gasteiger partial charge in [-0.2, -0.15) is 4.99 Å². The van der Waals surface area contributed by atoms with Gasteiger partial charge in [0.05, 0.1) is 6.21 Å². The Hall–Kier alpha value is -2.55. The van der Waals surface area contributed by atoms with Crippen molar-refractivity contribution in [1.29, 1.82) is 0 Å². The van der Waals surface area contributed by atoms with E-state index in [1.807, 2.05) is 66.8 Å². The molecule has 18 heavy (non-hydrogen) atoms. The smallest absolute Gasteiger partial charge is 0.145 e. The maximum Gasteiger partial charge on any atom is 0.145 e. The Morgan fingerprint density at radius 3 is 1.50 bits per heavy atom. The highest BCUT2D eigenvalue weighted by Crippen LogP contribution is 1.87. The molecule has 0 aromatic rings. The monoisotopic (exact) mass is 241 g/mol. The molecule has 1 aliphatic rings. The minimum absolute atomic E-state index is 1.40. The molecule has 0 amide bonds. The van der Waals surface area contributed by atoms with Crippen molar-refractivity contribution in [1.82, 2.24) is 0 Å². The number of rotatable bonds is 0. The first-order valence-electron chi connectivity index (χ1n) is 5.51. The number of hydrogen-bond donors (Lipinski definition) is 0. The van der Waals surface area contributed by atoms with Gasteiger partial charge in [0.1, 0.15) is 6.26 Å². The highest BCUT2D eigenvalue weighted by molar-refractivity contribution is 5.70. The number of hydrogen-bond acceptors (Lipinski definition) is 3. The second-order valence-corrected chi connectivity index (χ2v) is 3.06. The predicted octanol–water partition coefficient (Wildman–Crippen LogP) is 3.78. The molecule has 0 N–H and O–H groups in total. The van der Waals surface area contributed by atoms with Crippen LogP contribution in [0.2, 0.25) is 0 Å². The van der Waals surface area contributed by atoms with Gasteiger partial charge in [0.15, 0.2) is 0 Å².